The van der Waals surface area contributed by atoms with Gasteiger partial charge in [-0.2, -0.15) is 0 Å². The van der Waals surface area contributed by atoms with Gasteiger partial charge in [-0.15, -0.1) is 0 Å². The van der Waals surface area contributed by atoms with Crippen LogP contribution in [0.5, 0.6) is 0 Å². The maximum Gasteiger partial charge on any atom is 0.305 e. The van der Waals surface area contributed by atoms with Crippen molar-refractivity contribution in [3.05, 3.63) is 0 Å². The van der Waals surface area contributed by atoms with E-state index in [4.69, 9.17) is 9.84 Å². The van der Waals surface area contributed by atoms with Crippen LogP contribution in [0.4, 0.5) is 0 Å². The van der Waals surface area contributed by atoms with Crippen LogP contribution in [0.2, 0.25) is 0 Å². The van der Waals surface area contributed by atoms with Crippen molar-refractivity contribution >= 4 is 11.9 Å². The molecule has 116 valence electrons. The van der Waals surface area contributed by atoms with Gasteiger partial charge in [0.25, 0.3) is 0 Å². The molecule has 1 amide bonds. The molecule has 7 heteroatoms. The van der Waals surface area contributed by atoms with E-state index < -0.39 is 18.1 Å². The van der Waals surface area contributed by atoms with E-state index in [0.717, 1.165) is 12.8 Å². The largest absolute Gasteiger partial charge is 0.481 e. The second kappa shape index (κ2) is 8.89. The summed E-state index contributed by atoms with van der Waals surface area (Å²) in [5.41, 5.74) is 0. The first-order valence-electron chi connectivity index (χ1n) is 7.04. The Morgan fingerprint density at radius 2 is 2.35 bits per heavy atom. The molecule has 1 rings (SSSR count). The van der Waals surface area contributed by atoms with Crippen LogP contribution in [-0.4, -0.2) is 72.0 Å². The molecule has 1 aliphatic heterocycles. The second-order valence-corrected chi connectivity index (χ2v) is 4.98. The van der Waals surface area contributed by atoms with Crippen LogP contribution in [-0.2, 0) is 14.3 Å². The van der Waals surface area contributed by atoms with Gasteiger partial charge in [0.2, 0.25) is 5.91 Å². The zero-order valence-electron chi connectivity index (χ0n) is 11.9. The number of carboxylic acids is 1. The van der Waals surface area contributed by atoms with Crippen LogP contribution in [0.25, 0.3) is 0 Å². The minimum Gasteiger partial charge on any atom is -0.481 e. The molecule has 3 N–H and O–H groups in total. The molecule has 2 atom stereocenters. The molecule has 0 aromatic rings. The molecule has 7 nitrogen and oxygen atoms in total. The highest BCUT2D eigenvalue weighted by Crippen LogP contribution is 2.10. The first kappa shape index (κ1) is 16.9. The van der Waals surface area contributed by atoms with E-state index in [1.165, 1.54) is 0 Å². The average molecular weight is 288 g/mol. The summed E-state index contributed by atoms with van der Waals surface area (Å²) in [7, 11) is 0. The predicted molar refractivity (Wildman–Crippen MR) is 72.4 cm³/mol. The molecule has 1 heterocycles. The molecule has 0 aliphatic carbocycles. The Balaban J connectivity index is 2.41. The lowest BCUT2D eigenvalue weighted by atomic mass is 10.1. The van der Waals surface area contributed by atoms with E-state index in [9.17, 15) is 14.7 Å². The molecular formula is C13H24N2O5. The lowest BCUT2D eigenvalue weighted by molar-refractivity contribution is -0.143. The highest BCUT2D eigenvalue weighted by atomic mass is 16.5. The molecule has 1 fully saturated rings. The fraction of sp³-hybridized carbons (Fsp3) is 0.846. The lowest BCUT2D eigenvalue weighted by Gasteiger charge is -2.35. The van der Waals surface area contributed by atoms with Crippen LogP contribution in [0, 0.1) is 0 Å². The maximum atomic E-state index is 11.7. The smallest absolute Gasteiger partial charge is 0.305 e. The monoisotopic (exact) mass is 288 g/mol. The van der Waals surface area contributed by atoms with Gasteiger partial charge in [0.15, 0.2) is 0 Å². The van der Waals surface area contributed by atoms with Crippen molar-refractivity contribution in [3.8, 4) is 0 Å². The normalized spacial score (nSPS) is 21.5. The number of aliphatic hydroxyl groups is 1. The van der Waals surface area contributed by atoms with E-state index in [0.29, 0.717) is 19.7 Å². The molecule has 1 saturated heterocycles. The van der Waals surface area contributed by atoms with Gasteiger partial charge in [-0.3, -0.25) is 14.5 Å². The molecule has 0 radical (unpaired) electrons. The Morgan fingerprint density at radius 3 is 3.00 bits per heavy atom. The number of hydrogen-bond donors (Lipinski definition) is 3. The number of nitrogens with one attached hydrogen (secondary N) is 1. The molecule has 1 aliphatic rings. The van der Waals surface area contributed by atoms with Gasteiger partial charge in [0.1, 0.15) is 0 Å². The van der Waals surface area contributed by atoms with Crippen LogP contribution in [0.3, 0.4) is 0 Å². The number of rotatable bonds is 9. The van der Waals surface area contributed by atoms with Gasteiger partial charge in [-0.25, -0.2) is 0 Å². The SMILES string of the molecule is CCCCOCC(O)CN1CCNC(=O)C1CC(=O)O. The van der Waals surface area contributed by atoms with Crippen molar-refractivity contribution in [3.63, 3.8) is 0 Å². The summed E-state index contributed by atoms with van der Waals surface area (Å²) in [6.45, 7) is 4.12. The van der Waals surface area contributed by atoms with Crippen molar-refractivity contribution in [2.75, 3.05) is 32.8 Å². The fourth-order valence-corrected chi connectivity index (χ4v) is 2.16. The van der Waals surface area contributed by atoms with Gasteiger partial charge in [-0.1, -0.05) is 13.3 Å². The number of aliphatic carboxylic acids is 1. The van der Waals surface area contributed by atoms with E-state index in [-0.39, 0.29) is 25.5 Å². The number of nitrogens with zero attached hydrogens (tertiary/aromatic N) is 1. The highest BCUT2D eigenvalue weighted by Gasteiger charge is 2.32. The van der Waals surface area contributed by atoms with Crippen LogP contribution >= 0.6 is 0 Å². The van der Waals surface area contributed by atoms with Crippen LogP contribution in [0.15, 0.2) is 0 Å². The number of ether oxygens (including phenoxy) is 1. The van der Waals surface area contributed by atoms with E-state index in [1.807, 2.05) is 0 Å². The van der Waals surface area contributed by atoms with Gasteiger partial charge >= 0.3 is 5.97 Å². The first-order valence-corrected chi connectivity index (χ1v) is 7.04. The molecular weight excluding hydrogens is 264 g/mol. The number of piperazine rings is 1. The summed E-state index contributed by atoms with van der Waals surface area (Å²) < 4.78 is 5.33. The molecule has 0 saturated carbocycles. The first-order chi connectivity index (χ1) is 9.54. The summed E-state index contributed by atoms with van der Waals surface area (Å²) in [6.07, 6.45) is 1.01. The quantitative estimate of drug-likeness (QED) is 0.492. The number of amides is 1. The summed E-state index contributed by atoms with van der Waals surface area (Å²) >= 11 is 0. The number of β-amino-alcohol motifs (C(OH)–C–C–N with tert-alkyl or cyclic N) is 1. The van der Waals surface area contributed by atoms with Crippen molar-refractivity contribution < 1.29 is 24.5 Å². The third-order valence-electron chi connectivity index (χ3n) is 3.21. The van der Waals surface area contributed by atoms with Crippen molar-refractivity contribution in [1.82, 2.24) is 10.2 Å². The van der Waals surface area contributed by atoms with Crippen molar-refractivity contribution in [2.24, 2.45) is 0 Å². The highest BCUT2D eigenvalue weighted by molar-refractivity contribution is 5.86. The Bertz CT molecular complexity index is 324. The zero-order valence-corrected chi connectivity index (χ0v) is 11.9. The summed E-state index contributed by atoms with van der Waals surface area (Å²) in [6, 6.07) is -0.716. The fourth-order valence-electron chi connectivity index (χ4n) is 2.16. The topological polar surface area (TPSA) is 99.1 Å². The molecule has 0 aromatic heterocycles. The minimum atomic E-state index is -1.02. The molecule has 0 aromatic carbocycles. The molecule has 0 spiro atoms. The summed E-state index contributed by atoms with van der Waals surface area (Å²) in [5.74, 6) is -1.32. The van der Waals surface area contributed by atoms with Gasteiger partial charge < -0.3 is 20.3 Å². The number of carbonyl (C=O) groups excluding carboxylic acids is 1. The van der Waals surface area contributed by atoms with E-state index >= 15 is 0 Å². The van der Waals surface area contributed by atoms with E-state index in [1.54, 1.807) is 4.90 Å². The molecule has 2 unspecified atom stereocenters. The summed E-state index contributed by atoms with van der Waals surface area (Å²) in [4.78, 5) is 24.2. The standard InChI is InChI=1S/C13H24N2O5/c1-2-3-6-20-9-10(16)8-15-5-4-14-13(19)11(15)7-12(17)18/h10-11,16H,2-9H2,1H3,(H,14,19)(H,17,18). The minimum absolute atomic E-state index is 0.206. The molecule has 0 bridgehead atoms. The van der Waals surface area contributed by atoms with Gasteiger partial charge in [-0.05, 0) is 6.42 Å². The Labute approximate surface area is 118 Å². The zero-order chi connectivity index (χ0) is 15.0. The third-order valence-corrected chi connectivity index (χ3v) is 3.21. The van der Waals surface area contributed by atoms with Gasteiger partial charge in [0, 0.05) is 26.2 Å². The average Bonchev–Trinajstić information content (AvgIpc) is 2.38. The van der Waals surface area contributed by atoms with Crippen LogP contribution in [0.1, 0.15) is 26.2 Å². The predicted octanol–water partition coefficient (Wildman–Crippen LogP) is -0.561. The number of carbonyl (C=O) groups is 2. The third kappa shape index (κ3) is 5.85. The number of aliphatic hydroxyl groups excluding tert-OH is 1. The lowest BCUT2D eigenvalue weighted by Crippen LogP contribution is -2.57. The Hall–Kier alpha value is -1.18. The number of hydrogen-bond acceptors (Lipinski definition) is 5. The van der Waals surface area contributed by atoms with E-state index in [2.05, 4.69) is 12.2 Å². The van der Waals surface area contributed by atoms with Crippen molar-refractivity contribution in [1.29, 1.82) is 0 Å². The number of unbranched alkanes of at least 4 members (excludes halogenated alkanes) is 1. The number of carboxylic acid groups (broad SMARTS) is 1. The summed E-state index contributed by atoms with van der Waals surface area (Å²) in [5, 5.41) is 21.4. The Kier molecular flexibility index (Phi) is 7.50. The van der Waals surface area contributed by atoms with Crippen molar-refractivity contribution in [2.45, 2.75) is 38.3 Å². The molecule has 20 heavy (non-hydrogen) atoms. The maximum absolute atomic E-state index is 11.7. The second-order valence-electron chi connectivity index (χ2n) is 4.98. The van der Waals surface area contributed by atoms with Gasteiger partial charge in [0.05, 0.1) is 25.2 Å². The Morgan fingerprint density at radius 1 is 1.60 bits per heavy atom. The van der Waals surface area contributed by atoms with Crippen LogP contribution < -0.4 is 5.32 Å².